The van der Waals surface area contributed by atoms with Crippen LogP contribution in [0.1, 0.15) is 19.3 Å². The number of piperidine rings is 1. The summed E-state index contributed by atoms with van der Waals surface area (Å²) in [7, 11) is 1.89. The molecule has 0 unspecified atom stereocenters. The lowest BCUT2D eigenvalue weighted by molar-refractivity contribution is 0.181. The first-order chi connectivity index (χ1) is 14.7. The van der Waals surface area contributed by atoms with Crippen molar-refractivity contribution < 1.29 is 4.74 Å². The van der Waals surface area contributed by atoms with Crippen molar-refractivity contribution in [3.05, 3.63) is 35.5 Å². The monoisotopic (exact) mass is 425 g/mol. The van der Waals surface area contributed by atoms with E-state index in [1.54, 1.807) is 10.9 Å². The minimum absolute atomic E-state index is 0.577. The van der Waals surface area contributed by atoms with E-state index in [1.165, 1.54) is 19.3 Å². The maximum atomic E-state index is 6.64. The van der Waals surface area contributed by atoms with Gasteiger partial charge in [-0.25, -0.2) is 0 Å². The van der Waals surface area contributed by atoms with Crippen LogP contribution in [0.2, 0.25) is 5.02 Å². The summed E-state index contributed by atoms with van der Waals surface area (Å²) >= 11 is 6.64. The molecule has 0 atom stereocenters. The Kier molecular flexibility index (Phi) is 5.18. The van der Waals surface area contributed by atoms with Crippen LogP contribution in [0.3, 0.4) is 0 Å². The van der Waals surface area contributed by atoms with Crippen LogP contribution in [-0.4, -0.2) is 56.1 Å². The van der Waals surface area contributed by atoms with E-state index in [0.29, 0.717) is 23.3 Å². The lowest BCUT2D eigenvalue weighted by Gasteiger charge is -2.25. The number of rotatable bonds is 6. The van der Waals surface area contributed by atoms with E-state index in [2.05, 4.69) is 30.5 Å². The highest BCUT2D eigenvalue weighted by molar-refractivity contribution is 6.36. The van der Waals surface area contributed by atoms with E-state index < -0.39 is 0 Å². The SMILES string of the molecule is Cn1nc(OCCN2CCCCC2)c2c(Cl)cc(Nc3n[nH]c4cccnc34)cc21. The smallest absolute Gasteiger partial charge is 0.242 e. The van der Waals surface area contributed by atoms with E-state index in [9.17, 15) is 0 Å². The highest BCUT2D eigenvalue weighted by Gasteiger charge is 2.17. The Morgan fingerprint density at radius 1 is 1.23 bits per heavy atom. The number of hydrogen-bond donors (Lipinski definition) is 2. The molecule has 8 nitrogen and oxygen atoms in total. The maximum absolute atomic E-state index is 6.64. The first-order valence-electron chi connectivity index (χ1n) is 10.3. The number of hydrogen-bond acceptors (Lipinski definition) is 6. The molecule has 1 aromatic carbocycles. The number of aromatic nitrogens is 5. The summed E-state index contributed by atoms with van der Waals surface area (Å²) in [6, 6.07) is 7.67. The van der Waals surface area contributed by atoms with Crippen molar-refractivity contribution in [1.29, 1.82) is 0 Å². The summed E-state index contributed by atoms with van der Waals surface area (Å²) < 4.78 is 7.82. The van der Waals surface area contributed by atoms with Gasteiger partial charge in [-0.05, 0) is 50.2 Å². The van der Waals surface area contributed by atoms with Crippen molar-refractivity contribution in [3.8, 4) is 5.88 Å². The Morgan fingerprint density at radius 2 is 2.10 bits per heavy atom. The fraction of sp³-hybridized carbons (Fsp3) is 0.381. The Hall–Kier alpha value is -2.84. The highest BCUT2D eigenvalue weighted by Crippen LogP contribution is 2.35. The van der Waals surface area contributed by atoms with Crippen molar-refractivity contribution in [1.82, 2.24) is 29.9 Å². The third kappa shape index (κ3) is 3.68. The van der Waals surface area contributed by atoms with Crippen molar-refractivity contribution in [2.45, 2.75) is 19.3 Å². The quantitative estimate of drug-likeness (QED) is 0.483. The third-order valence-electron chi connectivity index (χ3n) is 5.55. The van der Waals surface area contributed by atoms with Gasteiger partial charge < -0.3 is 10.1 Å². The number of benzene rings is 1. The topological polar surface area (TPSA) is 83.9 Å². The molecule has 9 heteroatoms. The first-order valence-corrected chi connectivity index (χ1v) is 10.6. The number of H-pyrrole nitrogens is 1. The molecule has 0 amide bonds. The fourth-order valence-corrected chi connectivity index (χ4v) is 4.30. The summed E-state index contributed by atoms with van der Waals surface area (Å²) in [5.41, 5.74) is 3.36. The zero-order chi connectivity index (χ0) is 20.5. The minimum Gasteiger partial charge on any atom is -0.475 e. The molecule has 1 aliphatic heterocycles. The maximum Gasteiger partial charge on any atom is 0.242 e. The van der Waals surface area contributed by atoms with E-state index in [4.69, 9.17) is 16.3 Å². The van der Waals surface area contributed by atoms with Crippen molar-refractivity contribution in [2.24, 2.45) is 7.05 Å². The second-order valence-corrected chi connectivity index (χ2v) is 8.04. The van der Waals surface area contributed by atoms with Gasteiger partial charge in [0.05, 0.1) is 21.4 Å². The van der Waals surface area contributed by atoms with E-state index in [1.807, 2.05) is 31.3 Å². The zero-order valence-electron chi connectivity index (χ0n) is 16.9. The van der Waals surface area contributed by atoms with Crippen LogP contribution < -0.4 is 10.1 Å². The average molecular weight is 426 g/mol. The summed E-state index contributed by atoms with van der Waals surface area (Å²) in [5.74, 6) is 1.23. The molecule has 0 saturated carbocycles. The van der Waals surface area contributed by atoms with Gasteiger partial charge in [-0.2, -0.15) is 5.10 Å². The molecule has 0 bridgehead atoms. The number of nitrogens with zero attached hydrogens (tertiary/aromatic N) is 5. The minimum atomic E-state index is 0.577. The van der Waals surface area contributed by atoms with Gasteiger partial charge in [-0.3, -0.25) is 19.7 Å². The number of halogens is 1. The molecule has 1 fully saturated rings. The largest absolute Gasteiger partial charge is 0.475 e. The molecular formula is C21H24ClN7O. The van der Waals surface area contributed by atoms with Gasteiger partial charge in [0.2, 0.25) is 5.88 Å². The van der Waals surface area contributed by atoms with Gasteiger partial charge in [0.15, 0.2) is 5.82 Å². The normalized spacial score (nSPS) is 15.1. The van der Waals surface area contributed by atoms with Gasteiger partial charge >= 0.3 is 0 Å². The first kappa shape index (κ1) is 19.1. The number of aryl methyl sites for hydroxylation is 1. The molecule has 1 aliphatic rings. The Labute approximate surface area is 179 Å². The number of nitrogens with one attached hydrogen (secondary N) is 2. The number of ether oxygens (including phenoxy) is 1. The average Bonchev–Trinajstić information content (AvgIpc) is 3.30. The fourth-order valence-electron chi connectivity index (χ4n) is 4.00. The molecule has 0 aliphatic carbocycles. The number of fused-ring (bicyclic) bond motifs is 2. The van der Waals surface area contributed by atoms with Crippen LogP contribution in [0.15, 0.2) is 30.5 Å². The molecule has 0 radical (unpaired) electrons. The second kappa shape index (κ2) is 8.12. The molecule has 0 spiro atoms. The molecule has 156 valence electrons. The third-order valence-corrected chi connectivity index (χ3v) is 5.85. The van der Waals surface area contributed by atoms with Gasteiger partial charge in [-0.1, -0.05) is 18.0 Å². The lowest BCUT2D eigenvalue weighted by atomic mass is 10.1. The second-order valence-electron chi connectivity index (χ2n) is 7.63. The highest BCUT2D eigenvalue weighted by atomic mass is 35.5. The Bertz CT molecular complexity index is 1180. The molecule has 30 heavy (non-hydrogen) atoms. The lowest BCUT2D eigenvalue weighted by Crippen LogP contribution is -2.33. The predicted octanol–water partition coefficient (Wildman–Crippen LogP) is 4.11. The zero-order valence-corrected chi connectivity index (χ0v) is 17.6. The van der Waals surface area contributed by atoms with E-state index in [0.717, 1.165) is 47.3 Å². The van der Waals surface area contributed by atoms with Gasteiger partial charge in [-0.15, -0.1) is 5.10 Å². The van der Waals surface area contributed by atoms with Gasteiger partial charge in [0.25, 0.3) is 0 Å². The Morgan fingerprint density at radius 3 is 2.97 bits per heavy atom. The molecule has 5 rings (SSSR count). The van der Waals surface area contributed by atoms with Gasteiger partial charge in [0, 0.05) is 25.5 Å². The summed E-state index contributed by atoms with van der Waals surface area (Å²) in [6.07, 6.45) is 5.62. The van der Waals surface area contributed by atoms with Crippen molar-refractivity contribution in [2.75, 3.05) is 31.6 Å². The van der Waals surface area contributed by atoms with Crippen LogP contribution in [0.4, 0.5) is 11.5 Å². The summed E-state index contributed by atoms with van der Waals surface area (Å²) in [6.45, 7) is 3.82. The number of anilines is 2. The molecule has 4 heterocycles. The molecule has 3 aromatic heterocycles. The predicted molar refractivity (Wildman–Crippen MR) is 119 cm³/mol. The molecule has 2 N–H and O–H groups in total. The van der Waals surface area contributed by atoms with Crippen LogP contribution in [0.25, 0.3) is 21.9 Å². The Balaban J connectivity index is 1.37. The van der Waals surface area contributed by atoms with Crippen LogP contribution in [0, 0.1) is 0 Å². The van der Waals surface area contributed by atoms with Crippen molar-refractivity contribution >= 4 is 45.0 Å². The number of aromatic amines is 1. The van der Waals surface area contributed by atoms with Crippen molar-refractivity contribution in [3.63, 3.8) is 0 Å². The summed E-state index contributed by atoms with van der Waals surface area (Å²) in [4.78, 5) is 6.83. The van der Waals surface area contributed by atoms with Crippen LogP contribution in [0.5, 0.6) is 5.88 Å². The van der Waals surface area contributed by atoms with Crippen LogP contribution in [-0.2, 0) is 7.05 Å². The standard InChI is InChI=1S/C21H24ClN7O/c1-28-17-13-14(24-20-19-16(25-26-20)6-5-7-23-19)12-15(22)18(17)21(27-28)30-11-10-29-8-3-2-4-9-29/h5-7,12-13H,2-4,8-11H2,1H3,(H2,24,25,26). The molecular weight excluding hydrogens is 402 g/mol. The van der Waals surface area contributed by atoms with Crippen LogP contribution >= 0.6 is 11.6 Å². The van der Waals surface area contributed by atoms with E-state index >= 15 is 0 Å². The molecule has 1 saturated heterocycles. The van der Waals surface area contributed by atoms with E-state index in [-0.39, 0.29) is 0 Å². The number of likely N-dealkylation sites (tertiary alicyclic amines) is 1. The summed E-state index contributed by atoms with van der Waals surface area (Å²) in [5, 5.41) is 16.6. The number of pyridine rings is 1. The van der Waals surface area contributed by atoms with Gasteiger partial charge in [0.1, 0.15) is 12.1 Å². The molecule has 4 aromatic rings.